The summed E-state index contributed by atoms with van der Waals surface area (Å²) < 4.78 is 5.32. The van der Waals surface area contributed by atoms with Gasteiger partial charge in [-0.15, -0.1) is 0 Å². The van der Waals surface area contributed by atoms with Gasteiger partial charge in [-0.05, 0) is 55.3 Å². The molecule has 0 saturated carbocycles. The summed E-state index contributed by atoms with van der Waals surface area (Å²) in [6.07, 6.45) is 0.743. The molecule has 0 radical (unpaired) electrons. The van der Waals surface area contributed by atoms with Gasteiger partial charge in [0.15, 0.2) is 0 Å². The van der Waals surface area contributed by atoms with Crippen LogP contribution in [0.5, 0.6) is 0 Å². The molecule has 0 fully saturated rings. The Morgan fingerprint density at radius 3 is 2.67 bits per heavy atom. The van der Waals surface area contributed by atoms with Gasteiger partial charge in [-0.1, -0.05) is 53.7 Å². The van der Waals surface area contributed by atoms with E-state index in [1.165, 1.54) is 11.8 Å². The van der Waals surface area contributed by atoms with Crippen molar-refractivity contribution in [1.82, 2.24) is 5.32 Å². The van der Waals surface area contributed by atoms with Crippen LogP contribution in [0.3, 0.4) is 0 Å². The molecule has 2 amide bonds. The van der Waals surface area contributed by atoms with Crippen LogP contribution in [0.25, 0.3) is 0 Å². The standard InChI is InChI=1S/C26H25ClN2O3S/c1-2-32-15-7-14-28-25(30)18-12-13-24-22(16-18)29(17-19-8-3-5-10-21(19)27)26(31)20-9-4-6-11-23(20)33-24/h3-6,8-13,16H,2,7,14-15,17H2,1H3,(H,28,30). The van der Waals surface area contributed by atoms with Gasteiger partial charge in [0, 0.05) is 40.1 Å². The van der Waals surface area contributed by atoms with Crippen LogP contribution in [0.1, 0.15) is 39.6 Å². The van der Waals surface area contributed by atoms with Crippen molar-refractivity contribution in [1.29, 1.82) is 0 Å². The second-order valence-corrected chi connectivity index (χ2v) is 9.06. The molecule has 1 N–H and O–H groups in total. The van der Waals surface area contributed by atoms with E-state index < -0.39 is 0 Å². The number of amides is 2. The van der Waals surface area contributed by atoms with Crippen molar-refractivity contribution in [2.45, 2.75) is 29.7 Å². The summed E-state index contributed by atoms with van der Waals surface area (Å²) in [7, 11) is 0. The molecule has 3 aromatic rings. The molecule has 5 nitrogen and oxygen atoms in total. The van der Waals surface area contributed by atoms with Crippen LogP contribution < -0.4 is 10.2 Å². The number of hydrogen-bond donors (Lipinski definition) is 1. The molecule has 33 heavy (non-hydrogen) atoms. The Labute approximate surface area is 203 Å². The fraction of sp³-hybridized carbons (Fsp3) is 0.231. The first-order chi connectivity index (χ1) is 16.1. The second-order valence-electron chi connectivity index (χ2n) is 7.57. The summed E-state index contributed by atoms with van der Waals surface area (Å²) in [4.78, 5) is 29.9. The summed E-state index contributed by atoms with van der Waals surface area (Å²) in [6.45, 7) is 4.04. The minimum atomic E-state index is -0.175. The first kappa shape index (κ1) is 23.4. The lowest BCUT2D eigenvalue weighted by Crippen LogP contribution is -2.31. The normalized spacial score (nSPS) is 12.7. The molecule has 0 atom stereocenters. The molecule has 0 unspecified atom stereocenters. The zero-order valence-electron chi connectivity index (χ0n) is 18.3. The van der Waals surface area contributed by atoms with Gasteiger partial charge < -0.3 is 15.0 Å². The number of nitrogens with one attached hydrogen (secondary N) is 1. The maximum Gasteiger partial charge on any atom is 0.259 e. The third kappa shape index (κ3) is 5.41. The average molecular weight is 481 g/mol. The third-order valence-corrected chi connectivity index (χ3v) is 6.85. The number of benzene rings is 3. The van der Waals surface area contributed by atoms with Crippen LogP contribution in [0, 0.1) is 0 Å². The Morgan fingerprint density at radius 1 is 1.06 bits per heavy atom. The van der Waals surface area contributed by atoms with E-state index in [0.717, 1.165) is 21.8 Å². The molecule has 4 rings (SSSR count). The topological polar surface area (TPSA) is 58.6 Å². The molecule has 0 spiro atoms. The number of carbonyl (C=O) groups is 2. The van der Waals surface area contributed by atoms with E-state index in [0.29, 0.717) is 48.1 Å². The highest BCUT2D eigenvalue weighted by atomic mass is 35.5. The van der Waals surface area contributed by atoms with E-state index in [1.54, 1.807) is 17.0 Å². The highest BCUT2D eigenvalue weighted by Crippen LogP contribution is 2.42. The molecule has 0 saturated heterocycles. The summed E-state index contributed by atoms with van der Waals surface area (Å²) in [6, 6.07) is 20.6. The van der Waals surface area contributed by atoms with Crippen molar-refractivity contribution in [3.63, 3.8) is 0 Å². The first-order valence-electron chi connectivity index (χ1n) is 10.9. The van der Waals surface area contributed by atoms with Crippen molar-refractivity contribution in [3.05, 3.63) is 88.4 Å². The number of carbonyl (C=O) groups excluding carboxylic acids is 2. The molecule has 3 aromatic carbocycles. The number of rotatable bonds is 8. The quantitative estimate of drug-likeness (QED) is 0.413. The summed E-state index contributed by atoms with van der Waals surface area (Å²) >= 11 is 7.95. The van der Waals surface area contributed by atoms with Crippen LogP contribution in [0.4, 0.5) is 5.69 Å². The maximum absolute atomic E-state index is 13.6. The average Bonchev–Trinajstić information content (AvgIpc) is 2.94. The summed E-state index contributed by atoms with van der Waals surface area (Å²) in [5.41, 5.74) is 2.68. The van der Waals surface area contributed by atoms with Crippen molar-refractivity contribution >= 4 is 40.9 Å². The van der Waals surface area contributed by atoms with E-state index in [4.69, 9.17) is 16.3 Å². The first-order valence-corrected chi connectivity index (χ1v) is 12.1. The zero-order valence-corrected chi connectivity index (χ0v) is 19.9. The van der Waals surface area contributed by atoms with Crippen LogP contribution in [-0.4, -0.2) is 31.6 Å². The second kappa shape index (κ2) is 10.9. The minimum Gasteiger partial charge on any atom is -0.382 e. The van der Waals surface area contributed by atoms with Crippen molar-refractivity contribution < 1.29 is 14.3 Å². The van der Waals surface area contributed by atoms with Crippen LogP contribution in [0.15, 0.2) is 76.5 Å². The van der Waals surface area contributed by atoms with Crippen LogP contribution in [0.2, 0.25) is 5.02 Å². The van der Waals surface area contributed by atoms with E-state index in [1.807, 2.05) is 61.5 Å². The Hall–Kier alpha value is -2.80. The highest BCUT2D eigenvalue weighted by Gasteiger charge is 2.28. The Kier molecular flexibility index (Phi) is 7.70. The molecule has 0 aliphatic carbocycles. The maximum atomic E-state index is 13.6. The van der Waals surface area contributed by atoms with Crippen LogP contribution >= 0.6 is 23.4 Å². The number of nitrogens with zero attached hydrogens (tertiary/aromatic N) is 1. The Morgan fingerprint density at radius 2 is 1.85 bits per heavy atom. The van der Waals surface area contributed by atoms with E-state index in [9.17, 15) is 9.59 Å². The van der Waals surface area contributed by atoms with Gasteiger partial charge >= 0.3 is 0 Å². The summed E-state index contributed by atoms with van der Waals surface area (Å²) in [5.74, 6) is -0.294. The number of fused-ring (bicyclic) bond motifs is 2. The fourth-order valence-corrected chi connectivity index (χ4v) is 4.89. The monoisotopic (exact) mass is 480 g/mol. The Balaban J connectivity index is 1.67. The Bertz CT molecular complexity index is 1170. The van der Waals surface area contributed by atoms with E-state index >= 15 is 0 Å². The van der Waals surface area contributed by atoms with Crippen molar-refractivity contribution in [2.75, 3.05) is 24.7 Å². The minimum absolute atomic E-state index is 0.119. The van der Waals surface area contributed by atoms with E-state index in [-0.39, 0.29) is 11.8 Å². The van der Waals surface area contributed by atoms with Gasteiger partial charge in [0.2, 0.25) is 0 Å². The summed E-state index contributed by atoms with van der Waals surface area (Å²) in [5, 5.41) is 3.53. The largest absolute Gasteiger partial charge is 0.382 e. The van der Waals surface area contributed by atoms with E-state index in [2.05, 4.69) is 5.32 Å². The van der Waals surface area contributed by atoms with Gasteiger partial charge in [0.25, 0.3) is 11.8 Å². The smallest absolute Gasteiger partial charge is 0.259 e. The third-order valence-electron chi connectivity index (χ3n) is 5.34. The molecular weight excluding hydrogens is 456 g/mol. The fourth-order valence-electron chi connectivity index (χ4n) is 3.64. The predicted octanol–water partition coefficient (Wildman–Crippen LogP) is 5.81. The molecular formula is C26H25ClN2O3S. The highest BCUT2D eigenvalue weighted by molar-refractivity contribution is 7.99. The molecule has 170 valence electrons. The van der Waals surface area contributed by atoms with Gasteiger partial charge in [-0.2, -0.15) is 0 Å². The molecule has 0 aromatic heterocycles. The number of halogens is 1. The van der Waals surface area contributed by atoms with Gasteiger partial charge in [0.1, 0.15) is 0 Å². The molecule has 1 aliphatic rings. The molecule has 1 aliphatic heterocycles. The lowest BCUT2D eigenvalue weighted by atomic mass is 10.1. The SMILES string of the molecule is CCOCCCNC(=O)c1ccc2c(c1)N(Cc1ccccc1Cl)C(=O)c1ccccc1S2. The number of hydrogen-bond acceptors (Lipinski definition) is 4. The van der Waals surface area contributed by atoms with Crippen molar-refractivity contribution in [3.8, 4) is 0 Å². The molecule has 1 heterocycles. The predicted molar refractivity (Wildman–Crippen MR) is 132 cm³/mol. The number of anilines is 1. The molecule has 0 bridgehead atoms. The lowest BCUT2D eigenvalue weighted by molar-refractivity contribution is 0.0941. The molecule has 7 heteroatoms. The van der Waals surface area contributed by atoms with Gasteiger partial charge in [0.05, 0.1) is 17.8 Å². The van der Waals surface area contributed by atoms with Gasteiger partial charge in [-0.25, -0.2) is 0 Å². The zero-order chi connectivity index (χ0) is 23.2. The van der Waals surface area contributed by atoms with Gasteiger partial charge in [-0.3, -0.25) is 9.59 Å². The van der Waals surface area contributed by atoms with Crippen molar-refractivity contribution in [2.24, 2.45) is 0 Å². The number of ether oxygens (including phenoxy) is 1. The lowest BCUT2D eigenvalue weighted by Gasteiger charge is -2.24. The van der Waals surface area contributed by atoms with Crippen LogP contribution in [-0.2, 0) is 11.3 Å².